The lowest BCUT2D eigenvalue weighted by Crippen LogP contribution is -2.45. The second kappa shape index (κ2) is 10.1. The largest absolute Gasteiger partial charge is 0.389 e. The maximum absolute atomic E-state index is 12.7. The highest BCUT2D eigenvalue weighted by atomic mass is 35.5. The van der Waals surface area contributed by atoms with Crippen LogP contribution in [0.5, 0.6) is 0 Å². The van der Waals surface area contributed by atoms with Crippen LogP contribution in [-0.2, 0) is 9.59 Å². The first-order valence-corrected chi connectivity index (χ1v) is 7.80. The van der Waals surface area contributed by atoms with Gasteiger partial charge in [0.15, 0.2) is 0 Å². The summed E-state index contributed by atoms with van der Waals surface area (Å²) >= 11 is 0. The Morgan fingerprint density at radius 3 is 2.48 bits per heavy atom. The van der Waals surface area contributed by atoms with Gasteiger partial charge in [0.2, 0.25) is 5.91 Å². The minimum atomic E-state index is -4.36. The molecule has 136 valence electrons. The summed E-state index contributed by atoms with van der Waals surface area (Å²) in [7, 11) is 0. The van der Waals surface area contributed by atoms with E-state index in [2.05, 4.69) is 0 Å². The zero-order valence-corrected chi connectivity index (χ0v) is 14.2. The second-order valence-electron chi connectivity index (χ2n) is 6.03. The molecule has 0 radical (unpaired) electrons. The zero-order chi connectivity index (χ0) is 16.8. The Morgan fingerprint density at radius 2 is 1.96 bits per heavy atom. The summed E-state index contributed by atoms with van der Waals surface area (Å²) < 4.78 is 38.1. The van der Waals surface area contributed by atoms with Gasteiger partial charge < -0.3 is 10.6 Å². The van der Waals surface area contributed by atoms with Crippen LogP contribution < -0.4 is 5.73 Å². The molecule has 1 heterocycles. The van der Waals surface area contributed by atoms with E-state index in [0.29, 0.717) is 38.8 Å². The Balaban J connectivity index is 0.00000484. The number of unbranched alkanes of at least 4 members (excludes halogenated alkanes) is 1. The maximum Gasteiger partial charge on any atom is 0.389 e. The second-order valence-corrected chi connectivity index (χ2v) is 6.03. The van der Waals surface area contributed by atoms with Gasteiger partial charge in [-0.25, -0.2) is 0 Å². The topological polar surface area (TPSA) is 63.4 Å². The molecule has 1 saturated heterocycles. The first-order chi connectivity index (χ1) is 10.2. The molecule has 0 aliphatic carbocycles. The van der Waals surface area contributed by atoms with Crippen molar-refractivity contribution in [2.75, 3.05) is 19.6 Å². The fourth-order valence-corrected chi connectivity index (χ4v) is 2.89. The Morgan fingerprint density at radius 1 is 1.30 bits per heavy atom. The predicted octanol–water partition coefficient (Wildman–Crippen LogP) is 2.93. The molecule has 1 aliphatic rings. The van der Waals surface area contributed by atoms with E-state index in [0.717, 1.165) is 0 Å². The maximum atomic E-state index is 12.7. The molecule has 0 aromatic carbocycles. The van der Waals surface area contributed by atoms with Crippen LogP contribution in [-0.4, -0.2) is 42.4 Å². The van der Waals surface area contributed by atoms with Crippen molar-refractivity contribution in [1.82, 2.24) is 4.90 Å². The molecule has 0 aromatic heterocycles. The highest BCUT2D eigenvalue weighted by Gasteiger charge is 2.38. The average molecular weight is 359 g/mol. The van der Waals surface area contributed by atoms with E-state index in [4.69, 9.17) is 5.73 Å². The number of ketones is 1. The number of likely N-dealkylation sites (tertiary alicyclic amines) is 1. The van der Waals surface area contributed by atoms with E-state index in [1.807, 2.05) is 0 Å². The number of hydrogen-bond donors (Lipinski definition) is 1. The van der Waals surface area contributed by atoms with Crippen molar-refractivity contribution in [2.24, 2.45) is 17.6 Å². The fraction of sp³-hybridized carbons (Fsp3) is 0.867. The third kappa shape index (κ3) is 8.01. The van der Waals surface area contributed by atoms with Crippen molar-refractivity contribution in [2.45, 2.75) is 51.6 Å². The number of amides is 1. The van der Waals surface area contributed by atoms with Gasteiger partial charge in [-0.05, 0) is 39.2 Å². The third-order valence-corrected chi connectivity index (χ3v) is 4.14. The standard InChI is InChI=1S/C15H25F3N2O2.ClH/c1-11(21)13-6-4-8-20(10-13)14(22)12(5-2-3-7-19)9-15(16,17)18;/h12-13H,2-10,19H2,1H3;1H. The number of carbonyl (C=O) groups excluding carboxylic acids is 2. The predicted molar refractivity (Wildman–Crippen MR) is 84.3 cm³/mol. The van der Waals surface area contributed by atoms with Crippen molar-refractivity contribution < 1.29 is 22.8 Å². The van der Waals surface area contributed by atoms with E-state index in [1.165, 1.54) is 11.8 Å². The highest BCUT2D eigenvalue weighted by molar-refractivity contribution is 5.85. The normalized spacial score (nSPS) is 19.9. The molecule has 0 aromatic rings. The van der Waals surface area contributed by atoms with E-state index in [1.54, 1.807) is 0 Å². The Hall–Kier alpha value is -0.820. The molecule has 0 saturated carbocycles. The van der Waals surface area contributed by atoms with Crippen LogP contribution in [0.25, 0.3) is 0 Å². The molecule has 1 amide bonds. The lowest BCUT2D eigenvalue weighted by Gasteiger charge is -2.34. The zero-order valence-electron chi connectivity index (χ0n) is 13.4. The van der Waals surface area contributed by atoms with Gasteiger partial charge in [0.1, 0.15) is 5.78 Å². The van der Waals surface area contributed by atoms with Gasteiger partial charge in [-0.2, -0.15) is 13.2 Å². The van der Waals surface area contributed by atoms with Crippen LogP contribution in [0.3, 0.4) is 0 Å². The van der Waals surface area contributed by atoms with Gasteiger partial charge in [0, 0.05) is 24.9 Å². The first kappa shape index (κ1) is 22.2. The van der Waals surface area contributed by atoms with Crippen LogP contribution in [0, 0.1) is 11.8 Å². The molecular weight excluding hydrogens is 333 g/mol. The van der Waals surface area contributed by atoms with Crippen LogP contribution in [0.2, 0.25) is 0 Å². The number of nitrogens with two attached hydrogens (primary N) is 1. The number of hydrogen-bond acceptors (Lipinski definition) is 3. The summed E-state index contributed by atoms with van der Waals surface area (Å²) in [5, 5.41) is 0. The van der Waals surface area contributed by atoms with Gasteiger partial charge in [0.05, 0.1) is 6.42 Å². The average Bonchev–Trinajstić information content (AvgIpc) is 2.44. The molecule has 2 unspecified atom stereocenters. The molecule has 8 heteroatoms. The molecule has 2 N–H and O–H groups in total. The minimum absolute atomic E-state index is 0. The van der Waals surface area contributed by atoms with E-state index >= 15 is 0 Å². The molecule has 1 rings (SSSR count). The highest BCUT2D eigenvalue weighted by Crippen LogP contribution is 2.30. The number of alkyl halides is 3. The Labute approximate surface area is 141 Å². The van der Waals surface area contributed by atoms with Crippen molar-refractivity contribution in [1.29, 1.82) is 0 Å². The van der Waals surface area contributed by atoms with Gasteiger partial charge >= 0.3 is 6.18 Å². The van der Waals surface area contributed by atoms with Crippen molar-refractivity contribution in [3.05, 3.63) is 0 Å². The number of carbonyl (C=O) groups is 2. The van der Waals surface area contributed by atoms with Gasteiger partial charge in [-0.3, -0.25) is 9.59 Å². The fourth-order valence-electron chi connectivity index (χ4n) is 2.89. The van der Waals surface area contributed by atoms with Gasteiger partial charge in [-0.15, -0.1) is 12.4 Å². The number of halogens is 4. The number of piperidine rings is 1. The van der Waals surface area contributed by atoms with Crippen molar-refractivity contribution in [3.63, 3.8) is 0 Å². The smallest absolute Gasteiger partial charge is 0.342 e. The third-order valence-electron chi connectivity index (χ3n) is 4.14. The molecule has 0 bridgehead atoms. The number of Topliss-reactive ketones (excluding diaryl/α,β-unsaturated/α-hetero) is 1. The van der Waals surface area contributed by atoms with Gasteiger partial charge in [0.25, 0.3) is 0 Å². The van der Waals surface area contributed by atoms with Crippen LogP contribution >= 0.6 is 12.4 Å². The molecule has 1 fully saturated rings. The first-order valence-electron chi connectivity index (χ1n) is 7.80. The van der Waals surface area contributed by atoms with Crippen LogP contribution in [0.15, 0.2) is 0 Å². The summed E-state index contributed by atoms with van der Waals surface area (Å²) in [5.74, 6) is -1.78. The van der Waals surface area contributed by atoms with E-state index in [-0.39, 0.29) is 37.1 Å². The molecule has 2 atom stereocenters. The molecular formula is C15H26ClF3N2O2. The summed E-state index contributed by atoms with van der Waals surface area (Å²) in [4.78, 5) is 25.3. The van der Waals surface area contributed by atoms with Crippen LogP contribution in [0.4, 0.5) is 13.2 Å². The van der Waals surface area contributed by atoms with E-state index < -0.39 is 24.4 Å². The monoisotopic (exact) mass is 358 g/mol. The summed E-state index contributed by atoms with van der Waals surface area (Å²) in [6.07, 6.45) is -2.79. The Kier molecular flexibility index (Phi) is 9.77. The molecule has 4 nitrogen and oxygen atoms in total. The quantitative estimate of drug-likeness (QED) is 0.712. The minimum Gasteiger partial charge on any atom is -0.342 e. The number of nitrogens with zero attached hydrogens (tertiary/aromatic N) is 1. The summed E-state index contributed by atoms with van der Waals surface area (Å²) in [6.45, 7) is 2.56. The Bertz CT molecular complexity index is 391. The molecule has 0 spiro atoms. The summed E-state index contributed by atoms with van der Waals surface area (Å²) in [6, 6.07) is 0. The van der Waals surface area contributed by atoms with Crippen molar-refractivity contribution >= 4 is 24.1 Å². The van der Waals surface area contributed by atoms with Crippen LogP contribution in [0.1, 0.15) is 45.4 Å². The number of rotatable bonds is 7. The lowest BCUT2D eigenvalue weighted by molar-refractivity contribution is -0.161. The lowest BCUT2D eigenvalue weighted by atomic mass is 9.91. The van der Waals surface area contributed by atoms with E-state index in [9.17, 15) is 22.8 Å². The SMILES string of the molecule is CC(=O)C1CCCN(C(=O)C(CCCCN)CC(F)(F)F)C1.Cl. The summed E-state index contributed by atoms with van der Waals surface area (Å²) in [5.41, 5.74) is 5.36. The van der Waals surface area contributed by atoms with Crippen molar-refractivity contribution in [3.8, 4) is 0 Å². The van der Waals surface area contributed by atoms with Gasteiger partial charge in [-0.1, -0.05) is 6.42 Å². The molecule has 1 aliphatic heterocycles. The molecule has 23 heavy (non-hydrogen) atoms.